The molecule has 0 unspecified atom stereocenters. The Bertz CT molecular complexity index is 1220. The van der Waals surface area contributed by atoms with Crippen molar-refractivity contribution in [2.45, 2.75) is 25.4 Å². The summed E-state index contributed by atoms with van der Waals surface area (Å²) < 4.78 is 29.9. The largest absolute Gasteiger partial charge is 0.506 e. The van der Waals surface area contributed by atoms with Crippen molar-refractivity contribution in [3.8, 4) is 5.75 Å². The molecular weight excluding hydrogens is 470 g/mol. The molecule has 1 amide bonds. The third-order valence-electron chi connectivity index (χ3n) is 4.90. The van der Waals surface area contributed by atoms with E-state index in [1.165, 1.54) is 18.5 Å². The number of nitrogens with one attached hydrogen (secondary N) is 2. The highest BCUT2D eigenvalue weighted by molar-refractivity contribution is 6.30. The maximum atomic E-state index is 14.4. The lowest BCUT2D eigenvalue weighted by molar-refractivity contribution is -0.121. The summed E-state index contributed by atoms with van der Waals surface area (Å²) in [5, 5.41) is 15.1. The number of hydrogen-bond donors (Lipinski definition) is 4. The number of alkyl halides is 2. The number of halogens is 3. The Morgan fingerprint density at radius 2 is 2.00 bits per heavy atom. The number of anilines is 1. The molecule has 0 saturated carbocycles. The summed E-state index contributed by atoms with van der Waals surface area (Å²) in [5.41, 5.74) is 5.78. The molecule has 12 heteroatoms. The molecule has 2 heterocycles. The molecule has 34 heavy (non-hydrogen) atoms. The number of hydrogen-bond acceptors (Lipinski definition) is 7. The number of nitrogens with zero attached hydrogens (tertiary/aromatic N) is 3. The van der Waals surface area contributed by atoms with Crippen LogP contribution in [0.4, 0.5) is 14.6 Å². The molecule has 0 aliphatic rings. The van der Waals surface area contributed by atoms with Gasteiger partial charge in [-0.25, -0.2) is 4.98 Å². The minimum atomic E-state index is -3.57. The molecule has 9 nitrogen and oxygen atoms in total. The van der Waals surface area contributed by atoms with Crippen molar-refractivity contribution in [2.24, 2.45) is 5.73 Å². The zero-order chi connectivity index (χ0) is 24.7. The van der Waals surface area contributed by atoms with Gasteiger partial charge in [-0.15, -0.1) is 0 Å². The van der Waals surface area contributed by atoms with Crippen LogP contribution in [-0.2, 0) is 30.2 Å². The van der Waals surface area contributed by atoms with Crippen molar-refractivity contribution in [3.05, 3.63) is 81.1 Å². The molecule has 0 aliphatic heterocycles. The lowest BCUT2D eigenvalue weighted by Gasteiger charge is -2.17. The maximum Gasteiger partial charge on any atom is 0.310 e. The highest BCUT2D eigenvalue weighted by Gasteiger charge is 2.36. The molecule has 0 radical (unpaired) electrons. The van der Waals surface area contributed by atoms with Crippen LogP contribution in [0, 0.1) is 0 Å². The Hall–Kier alpha value is -3.57. The van der Waals surface area contributed by atoms with Gasteiger partial charge in [0.05, 0.1) is 6.54 Å². The van der Waals surface area contributed by atoms with E-state index in [1.807, 2.05) is 6.07 Å². The molecule has 0 fully saturated rings. The highest BCUT2D eigenvalue weighted by atomic mass is 35.5. The molecule has 0 aliphatic carbocycles. The number of amides is 1. The van der Waals surface area contributed by atoms with E-state index in [0.717, 1.165) is 28.0 Å². The molecule has 180 valence electrons. The van der Waals surface area contributed by atoms with Crippen LogP contribution in [-0.4, -0.2) is 38.6 Å². The quantitative estimate of drug-likeness (QED) is 0.340. The summed E-state index contributed by atoms with van der Waals surface area (Å²) in [4.78, 5) is 32.3. The Kier molecular flexibility index (Phi) is 8.13. The van der Waals surface area contributed by atoms with Gasteiger partial charge in [-0.3, -0.25) is 14.6 Å². The summed E-state index contributed by atoms with van der Waals surface area (Å²) in [7, 11) is 0. The van der Waals surface area contributed by atoms with E-state index in [2.05, 4.69) is 20.6 Å². The number of pyridine rings is 1. The number of carbonyl (C=O) groups is 1. The molecule has 0 atom stereocenters. The van der Waals surface area contributed by atoms with Crippen molar-refractivity contribution in [1.29, 1.82) is 0 Å². The fourth-order valence-electron chi connectivity index (χ4n) is 3.21. The highest BCUT2D eigenvalue weighted by Crippen LogP contribution is 2.32. The van der Waals surface area contributed by atoms with E-state index >= 15 is 0 Å². The average molecular weight is 493 g/mol. The Morgan fingerprint density at radius 1 is 1.21 bits per heavy atom. The zero-order valence-corrected chi connectivity index (χ0v) is 18.7. The van der Waals surface area contributed by atoms with Crippen molar-refractivity contribution < 1.29 is 18.7 Å². The number of rotatable bonds is 10. The smallest absolute Gasteiger partial charge is 0.310 e. The number of aromatic hydroxyl groups is 1. The van der Waals surface area contributed by atoms with E-state index in [4.69, 9.17) is 17.3 Å². The predicted octanol–water partition coefficient (Wildman–Crippen LogP) is 2.02. The third-order valence-corrected chi connectivity index (χ3v) is 5.13. The van der Waals surface area contributed by atoms with Gasteiger partial charge in [-0.2, -0.15) is 8.78 Å². The van der Waals surface area contributed by atoms with Gasteiger partial charge in [0.15, 0.2) is 11.5 Å². The second kappa shape index (κ2) is 11.0. The second-order valence-electron chi connectivity index (χ2n) is 7.37. The fraction of sp³-hybridized carbons (Fsp3) is 0.273. The van der Waals surface area contributed by atoms with Crippen LogP contribution < -0.4 is 21.9 Å². The van der Waals surface area contributed by atoms with Crippen LogP contribution >= 0.6 is 11.6 Å². The first-order valence-corrected chi connectivity index (χ1v) is 10.6. The summed E-state index contributed by atoms with van der Waals surface area (Å²) in [6.45, 7) is -0.766. The van der Waals surface area contributed by atoms with Gasteiger partial charge >= 0.3 is 5.92 Å². The van der Waals surface area contributed by atoms with Crippen LogP contribution in [0.1, 0.15) is 16.8 Å². The summed E-state index contributed by atoms with van der Waals surface area (Å²) in [5.74, 6) is -5.08. The first kappa shape index (κ1) is 25.1. The minimum Gasteiger partial charge on any atom is -0.506 e. The van der Waals surface area contributed by atoms with Gasteiger partial charge in [0, 0.05) is 30.2 Å². The van der Waals surface area contributed by atoms with Crippen molar-refractivity contribution >= 4 is 23.3 Å². The molecule has 2 aromatic heterocycles. The second-order valence-corrected chi connectivity index (χ2v) is 7.80. The van der Waals surface area contributed by atoms with Crippen LogP contribution in [0.5, 0.6) is 5.75 Å². The zero-order valence-electron chi connectivity index (χ0n) is 18.0. The van der Waals surface area contributed by atoms with E-state index in [1.54, 1.807) is 12.1 Å². The maximum absolute atomic E-state index is 14.4. The lowest BCUT2D eigenvalue weighted by Crippen LogP contribution is -2.34. The normalized spacial score (nSPS) is 11.3. The number of aromatic nitrogens is 3. The van der Waals surface area contributed by atoms with E-state index in [-0.39, 0.29) is 18.9 Å². The van der Waals surface area contributed by atoms with Gasteiger partial charge in [-0.05, 0) is 48.4 Å². The first-order chi connectivity index (χ1) is 16.2. The van der Waals surface area contributed by atoms with Gasteiger partial charge in [-0.1, -0.05) is 17.7 Å². The number of benzene rings is 1. The first-order valence-electron chi connectivity index (χ1n) is 10.3. The van der Waals surface area contributed by atoms with Crippen LogP contribution in [0.3, 0.4) is 0 Å². The molecule has 0 spiro atoms. The molecule has 1 aromatic carbocycles. The average Bonchev–Trinajstić information content (AvgIpc) is 2.80. The van der Waals surface area contributed by atoms with Gasteiger partial charge in [0.2, 0.25) is 5.91 Å². The van der Waals surface area contributed by atoms with Crippen molar-refractivity contribution in [2.75, 3.05) is 18.4 Å². The van der Waals surface area contributed by atoms with Gasteiger partial charge in [0.1, 0.15) is 12.3 Å². The van der Waals surface area contributed by atoms with Gasteiger partial charge in [0.25, 0.3) is 5.56 Å². The SMILES string of the molecule is NCCc1ccc(Cl)cc1CNC(=O)Cn1ccnc(NCC(F)(F)c2ncccc2O)c1=O. The van der Waals surface area contributed by atoms with E-state index < -0.39 is 35.4 Å². The third kappa shape index (κ3) is 6.27. The standard InChI is InChI=1S/C22H23ClF2N6O3/c23-16-4-3-14(5-6-26)15(10-16)11-29-18(33)12-31-9-8-28-20(21(31)34)30-13-22(24,25)19-17(32)2-1-7-27-19/h1-4,7-10,32H,5-6,11-13,26H2,(H,28,30)(H,29,33). The Morgan fingerprint density at radius 3 is 2.74 bits per heavy atom. The Balaban J connectivity index is 1.65. The topological polar surface area (TPSA) is 135 Å². The van der Waals surface area contributed by atoms with Crippen LogP contribution in [0.25, 0.3) is 0 Å². The molecule has 0 saturated heterocycles. The van der Waals surface area contributed by atoms with E-state index in [9.17, 15) is 23.5 Å². The molecular formula is C22H23ClF2N6O3. The monoisotopic (exact) mass is 492 g/mol. The van der Waals surface area contributed by atoms with Crippen LogP contribution in [0.2, 0.25) is 5.02 Å². The Labute approximate surface area is 198 Å². The van der Waals surface area contributed by atoms with Crippen molar-refractivity contribution in [3.63, 3.8) is 0 Å². The lowest BCUT2D eigenvalue weighted by atomic mass is 10.0. The summed E-state index contributed by atoms with van der Waals surface area (Å²) in [6, 6.07) is 7.71. The summed E-state index contributed by atoms with van der Waals surface area (Å²) in [6.07, 6.45) is 4.22. The minimum absolute atomic E-state index is 0.180. The fourth-order valence-corrected chi connectivity index (χ4v) is 3.41. The van der Waals surface area contributed by atoms with Crippen molar-refractivity contribution in [1.82, 2.24) is 19.9 Å². The number of carbonyl (C=O) groups excluding carboxylic acids is 1. The van der Waals surface area contributed by atoms with Gasteiger partial charge < -0.3 is 26.0 Å². The predicted molar refractivity (Wildman–Crippen MR) is 123 cm³/mol. The molecule has 3 rings (SSSR count). The summed E-state index contributed by atoms with van der Waals surface area (Å²) >= 11 is 6.04. The molecule has 3 aromatic rings. The van der Waals surface area contributed by atoms with E-state index in [0.29, 0.717) is 18.0 Å². The molecule has 5 N–H and O–H groups in total. The molecule has 0 bridgehead atoms. The number of nitrogens with two attached hydrogens (primary N) is 1. The van der Waals surface area contributed by atoms with Crippen LogP contribution in [0.15, 0.2) is 53.7 Å².